The van der Waals surface area contributed by atoms with E-state index in [9.17, 15) is 4.79 Å². The van der Waals surface area contributed by atoms with E-state index in [4.69, 9.17) is 6.42 Å². The SMILES string of the molecule is C#CCN(CCC)C(=O)c1n[nH]c(CCC)n1. The number of aryl methyl sites for hydroxylation is 1. The van der Waals surface area contributed by atoms with Gasteiger partial charge in [0, 0.05) is 13.0 Å². The van der Waals surface area contributed by atoms with Crippen molar-refractivity contribution in [3.63, 3.8) is 0 Å². The van der Waals surface area contributed by atoms with Crippen molar-refractivity contribution in [3.05, 3.63) is 11.6 Å². The van der Waals surface area contributed by atoms with Crippen LogP contribution in [0.25, 0.3) is 0 Å². The van der Waals surface area contributed by atoms with Crippen LogP contribution in [0, 0.1) is 12.3 Å². The van der Waals surface area contributed by atoms with Gasteiger partial charge in [0.05, 0.1) is 6.54 Å². The fourth-order valence-corrected chi connectivity index (χ4v) is 1.51. The fourth-order valence-electron chi connectivity index (χ4n) is 1.51. The summed E-state index contributed by atoms with van der Waals surface area (Å²) in [4.78, 5) is 17.8. The molecule has 0 aromatic carbocycles. The molecule has 1 aromatic heterocycles. The molecule has 0 fully saturated rings. The maximum Gasteiger partial charge on any atom is 0.294 e. The van der Waals surface area contributed by atoms with Gasteiger partial charge in [0.15, 0.2) is 0 Å². The maximum absolute atomic E-state index is 12.0. The monoisotopic (exact) mass is 234 g/mol. The van der Waals surface area contributed by atoms with E-state index in [1.54, 1.807) is 4.90 Å². The van der Waals surface area contributed by atoms with Crippen molar-refractivity contribution in [3.8, 4) is 12.3 Å². The van der Waals surface area contributed by atoms with E-state index in [2.05, 4.69) is 21.1 Å². The molecular formula is C12H18N4O. The molecule has 0 bridgehead atoms. The highest BCUT2D eigenvalue weighted by atomic mass is 16.2. The predicted octanol–water partition coefficient (Wildman–Crippen LogP) is 1.24. The van der Waals surface area contributed by atoms with Crippen LogP contribution in [-0.4, -0.2) is 39.1 Å². The Bertz CT molecular complexity index is 405. The molecule has 5 heteroatoms. The minimum absolute atomic E-state index is 0.205. The topological polar surface area (TPSA) is 61.9 Å². The molecule has 1 heterocycles. The van der Waals surface area contributed by atoms with Crippen molar-refractivity contribution in [1.82, 2.24) is 20.1 Å². The summed E-state index contributed by atoms with van der Waals surface area (Å²) < 4.78 is 0. The molecule has 0 radical (unpaired) electrons. The fraction of sp³-hybridized carbons (Fsp3) is 0.583. The minimum Gasteiger partial charge on any atom is -0.325 e. The van der Waals surface area contributed by atoms with Crippen molar-refractivity contribution in [2.45, 2.75) is 33.1 Å². The summed E-state index contributed by atoms with van der Waals surface area (Å²) in [7, 11) is 0. The van der Waals surface area contributed by atoms with Gasteiger partial charge in [-0.05, 0) is 12.8 Å². The summed E-state index contributed by atoms with van der Waals surface area (Å²) >= 11 is 0. The first-order valence-corrected chi connectivity index (χ1v) is 5.86. The van der Waals surface area contributed by atoms with Crippen molar-refractivity contribution in [2.75, 3.05) is 13.1 Å². The smallest absolute Gasteiger partial charge is 0.294 e. The molecule has 0 saturated carbocycles. The second kappa shape index (κ2) is 6.69. The summed E-state index contributed by atoms with van der Waals surface area (Å²) in [5.74, 6) is 3.22. The minimum atomic E-state index is -0.205. The number of terminal acetylenes is 1. The van der Waals surface area contributed by atoms with Gasteiger partial charge >= 0.3 is 0 Å². The lowest BCUT2D eigenvalue weighted by molar-refractivity contribution is 0.0765. The standard InChI is InChI=1S/C12H18N4O/c1-4-7-10-13-11(15-14-10)12(17)16(8-5-2)9-6-3/h2H,4,6-9H2,1,3H3,(H,13,14,15). The van der Waals surface area contributed by atoms with Crippen molar-refractivity contribution in [1.29, 1.82) is 0 Å². The van der Waals surface area contributed by atoms with Gasteiger partial charge in [0.25, 0.3) is 5.91 Å². The van der Waals surface area contributed by atoms with Crippen LogP contribution in [0.2, 0.25) is 0 Å². The Labute approximate surface area is 102 Å². The number of carbonyl (C=O) groups excluding carboxylic acids is 1. The van der Waals surface area contributed by atoms with E-state index in [-0.39, 0.29) is 11.7 Å². The lowest BCUT2D eigenvalue weighted by Crippen LogP contribution is -2.32. The second-order valence-corrected chi connectivity index (χ2v) is 3.79. The molecule has 1 N–H and O–H groups in total. The molecule has 5 nitrogen and oxygen atoms in total. The van der Waals surface area contributed by atoms with Crippen LogP contribution in [0.5, 0.6) is 0 Å². The number of aromatic amines is 1. The predicted molar refractivity (Wildman–Crippen MR) is 65.4 cm³/mol. The highest BCUT2D eigenvalue weighted by Crippen LogP contribution is 2.02. The Balaban J connectivity index is 2.74. The summed E-state index contributed by atoms with van der Waals surface area (Å²) in [6, 6.07) is 0. The zero-order chi connectivity index (χ0) is 12.7. The molecule has 0 aliphatic heterocycles. The van der Waals surface area contributed by atoms with Gasteiger partial charge in [-0.3, -0.25) is 9.89 Å². The normalized spacial score (nSPS) is 9.94. The molecule has 92 valence electrons. The van der Waals surface area contributed by atoms with Gasteiger partial charge < -0.3 is 4.90 Å². The Morgan fingerprint density at radius 3 is 2.82 bits per heavy atom. The number of hydrogen-bond acceptors (Lipinski definition) is 3. The van der Waals surface area contributed by atoms with Crippen molar-refractivity contribution < 1.29 is 4.79 Å². The Kier molecular flexibility index (Phi) is 5.21. The average molecular weight is 234 g/mol. The molecule has 1 rings (SSSR count). The van der Waals surface area contributed by atoms with Crippen molar-refractivity contribution in [2.24, 2.45) is 0 Å². The molecule has 1 amide bonds. The number of hydrogen-bond donors (Lipinski definition) is 1. The van der Waals surface area contributed by atoms with Gasteiger partial charge in [-0.2, -0.15) is 0 Å². The molecule has 0 saturated heterocycles. The van der Waals surface area contributed by atoms with Crippen LogP contribution in [0.15, 0.2) is 0 Å². The van der Waals surface area contributed by atoms with E-state index < -0.39 is 0 Å². The highest BCUT2D eigenvalue weighted by molar-refractivity contribution is 5.90. The molecule has 1 aromatic rings. The molecule has 0 aliphatic rings. The van der Waals surface area contributed by atoms with Crippen molar-refractivity contribution >= 4 is 5.91 Å². The number of aromatic nitrogens is 3. The third kappa shape index (κ3) is 3.59. The lowest BCUT2D eigenvalue weighted by Gasteiger charge is -2.17. The number of amides is 1. The Morgan fingerprint density at radius 2 is 2.24 bits per heavy atom. The third-order valence-electron chi connectivity index (χ3n) is 2.27. The highest BCUT2D eigenvalue weighted by Gasteiger charge is 2.18. The van der Waals surface area contributed by atoms with E-state index in [0.29, 0.717) is 13.1 Å². The number of H-pyrrole nitrogens is 1. The molecule has 0 atom stereocenters. The zero-order valence-electron chi connectivity index (χ0n) is 10.4. The van der Waals surface area contributed by atoms with Crippen LogP contribution in [-0.2, 0) is 6.42 Å². The van der Waals surface area contributed by atoms with Gasteiger partial charge in [-0.25, -0.2) is 4.98 Å². The van der Waals surface area contributed by atoms with E-state index in [1.165, 1.54) is 0 Å². The van der Waals surface area contributed by atoms with Crippen LogP contribution in [0.4, 0.5) is 0 Å². The van der Waals surface area contributed by atoms with Gasteiger partial charge in [0.1, 0.15) is 5.82 Å². The third-order valence-corrected chi connectivity index (χ3v) is 2.27. The second-order valence-electron chi connectivity index (χ2n) is 3.79. The zero-order valence-corrected chi connectivity index (χ0v) is 10.4. The van der Waals surface area contributed by atoms with Crippen LogP contribution in [0.3, 0.4) is 0 Å². The number of nitrogens with zero attached hydrogens (tertiary/aromatic N) is 3. The van der Waals surface area contributed by atoms with E-state index in [1.807, 2.05) is 13.8 Å². The first-order valence-electron chi connectivity index (χ1n) is 5.86. The molecular weight excluding hydrogens is 216 g/mol. The molecule has 0 unspecified atom stereocenters. The maximum atomic E-state index is 12.0. The first kappa shape index (κ1) is 13.2. The number of carbonyl (C=O) groups is 1. The van der Waals surface area contributed by atoms with Crippen LogP contribution < -0.4 is 0 Å². The van der Waals surface area contributed by atoms with Gasteiger partial charge in [0.2, 0.25) is 5.82 Å². The number of nitrogens with one attached hydrogen (secondary N) is 1. The van der Waals surface area contributed by atoms with Crippen LogP contribution >= 0.6 is 0 Å². The molecule has 17 heavy (non-hydrogen) atoms. The van der Waals surface area contributed by atoms with E-state index >= 15 is 0 Å². The first-order chi connectivity index (χ1) is 8.22. The summed E-state index contributed by atoms with van der Waals surface area (Å²) in [6.45, 7) is 4.97. The Morgan fingerprint density at radius 1 is 1.47 bits per heavy atom. The van der Waals surface area contributed by atoms with Gasteiger partial charge in [-0.15, -0.1) is 11.5 Å². The lowest BCUT2D eigenvalue weighted by atomic mass is 10.3. The Hall–Kier alpha value is -1.83. The molecule has 0 aliphatic carbocycles. The average Bonchev–Trinajstić information content (AvgIpc) is 2.77. The van der Waals surface area contributed by atoms with E-state index in [0.717, 1.165) is 25.1 Å². The summed E-state index contributed by atoms with van der Waals surface area (Å²) in [5, 5.41) is 6.69. The van der Waals surface area contributed by atoms with Crippen LogP contribution in [0.1, 0.15) is 43.1 Å². The molecule has 0 spiro atoms. The quantitative estimate of drug-likeness (QED) is 0.753. The number of rotatable bonds is 6. The largest absolute Gasteiger partial charge is 0.325 e. The summed E-state index contributed by atoms with van der Waals surface area (Å²) in [5.41, 5.74) is 0. The van der Waals surface area contributed by atoms with Gasteiger partial charge in [-0.1, -0.05) is 19.8 Å². The summed E-state index contributed by atoms with van der Waals surface area (Å²) in [6.07, 6.45) is 7.86.